The van der Waals surface area contributed by atoms with Crippen molar-refractivity contribution in [3.63, 3.8) is 0 Å². The minimum atomic E-state index is -1.25. The van der Waals surface area contributed by atoms with Crippen molar-refractivity contribution >= 4 is 134 Å². The monoisotopic (exact) mass is 1550 g/mol. The molecule has 574 valence electrons. The molecule has 0 radical (unpaired) electrons. The minimum Gasteiger partial charge on any atom is -0.481 e. The first-order valence-corrected chi connectivity index (χ1v) is 39.6. The molecule has 7 aromatic rings. The Morgan fingerprint density at radius 2 is 0.798 bits per heavy atom. The van der Waals surface area contributed by atoms with Gasteiger partial charge in [0.1, 0.15) is 11.0 Å². The van der Waals surface area contributed by atoms with Gasteiger partial charge in [-0.05, 0) is 265 Å². The van der Waals surface area contributed by atoms with E-state index in [1.807, 2.05) is 32.1 Å². The molecule has 28 heteroatoms. The highest BCUT2D eigenvalue weighted by Crippen LogP contribution is 2.41. The Hall–Kier alpha value is -7.31. The van der Waals surface area contributed by atoms with Crippen molar-refractivity contribution in [3.05, 3.63) is 119 Å². The first-order chi connectivity index (χ1) is 49.0. The maximum absolute atomic E-state index is 11.1. The molecule has 0 bridgehead atoms. The summed E-state index contributed by atoms with van der Waals surface area (Å²) in [7, 11) is 0. The topological polar surface area (TPSA) is 403 Å². The summed E-state index contributed by atoms with van der Waals surface area (Å²) in [5.74, 6) is -8.09. The van der Waals surface area contributed by atoms with E-state index in [2.05, 4.69) is 101 Å². The molecule has 0 amide bonds. The van der Waals surface area contributed by atoms with E-state index in [9.17, 15) is 43.2 Å². The van der Waals surface area contributed by atoms with E-state index in [1.165, 1.54) is 93.9 Å². The SMILES string of the molecule is CCC(CCCc1cc(C)sc1C)(CC(=O)O)CC(=O)O.Cc1cc(CCCC(CC(=O)O)(CC(=O)O)CC(=O)O)c(C)s1.Cc1cc(CCCC(CC(=O)O)CC(=O)O)c(C)s1.Cc1cc(CCCC(CN)CC(=O)O)c(C)s1.Cc1sc(-c2cc(CCN)c(C)c3nsnc23)cc1CCOC=O. The molecule has 1 atom stereocenters. The Labute approximate surface area is 634 Å². The zero-order valence-electron chi connectivity index (χ0n) is 61.7. The standard InChI is InChI=1S/C17H19N3O2S2.C16H22O6S.C16H24O4S.C14H20O4S.C13H21NO2S/c1-10-12(3-5-18)7-14(17-16(10)19-24-20-17)15-8-13(11(2)23-15)4-6-22-9-21;1-10-6-12(11(2)23-10)4-3-5-16(7-13(17)18,8-14(19)20)9-15(21)22;1-4-16(9-14(17)18,10-15(19)20)7-5-6-13-8-11(2)21-12(13)3;1-9-6-12(10(2)19-9)5-3-4-11(7-13(15)16)8-14(17)18;1-9-6-12(10(2)17-9)5-3-4-11(8-14)7-13(15)16/h7-9H,3-6,18H2,1-2H3;6H,3-5,7-9H2,1-2H3,(H,17,18)(H,19,20)(H,21,22);8H,4-7,9-10H2,1-3H3,(H,17,18)(H,19,20);6,11H,3-5,7-8H2,1-2H3,(H,15,16)(H,17,18);6,11H,3-5,7-8,14H2,1-2H3,(H,15,16). The summed E-state index contributed by atoms with van der Waals surface area (Å²) in [6.45, 7) is 24.6. The number of nitrogens with two attached hydrogens (primary N) is 2. The van der Waals surface area contributed by atoms with E-state index in [4.69, 9.17) is 57.1 Å². The summed E-state index contributed by atoms with van der Waals surface area (Å²) >= 11 is 10.0. The first-order valence-electron chi connectivity index (χ1n) is 34.8. The summed E-state index contributed by atoms with van der Waals surface area (Å²) < 4.78 is 13.8. The van der Waals surface area contributed by atoms with Gasteiger partial charge in [0, 0.05) is 85.4 Å². The molecule has 0 saturated carbocycles. The first kappa shape index (κ1) is 90.9. The van der Waals surface area contributed by atoms with Crippen LogP contribution < -0.4 is 11.5 Å². The molecule has 0 aliphatic rings. The number of rotatable bonds is 41. The molecule has 12 N–H and O–H groups in total. The van der Waals surface area contributed by atoms with Crippen LogP contribution in [-0.2, 0) is 86.4 Å². The lowest BCUT2D eigenvalue weighted by Crippen LogP contribution is -2.31. The Balaban J connectivity index is 0.000000339. The molecule has 22 nitrogen and oxygen atoms in total. The van der Waals surface area contributed by atoms with Crippen molar-refractivity contribution in [3.8, 4) is 10.4 Å². The predicted molar refractivity (Wildman–Crippen MR) is 415 cm³/mol. The third-order valence-corrected chi connectivity index (χ3v) is 23.9. The number of nitrogens with zero attached hydrogens (tertiary/aromatic N) is 2. The van der Waals surface area contributed by atoms with Crippen LogP contribution in [0.5, 0.6) is 0 Å². The van der Waals surface area contributed by atoms with Crippen LogP contribution in [0.4, 0.5) is 0 Å². The number of carboxylic acid groups (broad SMARTS) is 8. The van der Waals surface area contributed by atoms with Crippen LogP contribution in [0.3, 0.4) is 0 Å². The molecule has 0 fully saturated rings. The maximum Gasteiger partial charge on any atom is 0.303 e. The van der Waals surface area contributed by atoms with E-state index in [0.29, 0.717) is 58.3 Å². The second kappa shape index (κ2) is 45.9. The number of benzene rings is 1. The number of aliphatic carboxylic acids is 8. The Morgan fingerprint density at radius 1 is 0.442 bits per heavy atom. The third kappa shape index (κ3) is 33.0. The van der Waals surface area contributed by atoms with E-state index in [1.54, 1.807) is 45.3 Å². The van der Waals surface area contributed by atoms with Crippen LogP contribution in [0.2, 0.25) is 0 Å². The Kier molecular flexibility index (Phi) is 40.1. The zero-order valence-corrected chi connectivity index (χ0v) is 66.6. The fraction of sp³-hybridized carbons (Fsp3) is 0.539. The van der Waals surface area contributed by atoms with E-state index in [0.717, 1.165) is 79.9 Å². The van der Waals surface area contributed by atoms with Crippen LogP contribution in [0.15, 0.2) is 36.4 Å². The van der Waals surface area contributed by atoms with Crippen molar-refractivity contribution in [2.45, 2.75) is 224 Å². The van der Waals surface area contributed by atoms with Gasteiger partial charge in [-0.25, -0.2) is 0 Å². The van der Waals surface area contributed by atoms with Gasteiger partial charge in [-0.3, -0.25) is 43.2 Å². The van der Waals surface area contributed by atoms with Crippen molar-refractivity contribution in [2.24, 2.45) is 34.1 Å². The second-order valence-corrected chi connectivity index (χ2v) is 34.5. The highest BCUT2D eigenvalue weighted by Gasteiger charge is 2.38. The highest BCUT2D eigenvalue weighted by atomic mass is 32.1. The highest BCUT2D eigenvalue weighted by molar-refractivity contribution is 7.15. The minimum absolute atomic E-state index is 0.0616. The van der Waals surface area contributed by atoms with Crippen LogP contribution in [0.1, 0.15) is 199 Å². The van der Waals surface area contributed by atoms with E-state index < -0.39 is 77.8 Å². The Bertz CT molecular complexity index is 3860. The number of hydrogen-bond donors (Lipinski definition) is 10. The van der Waals surface area contributed by atoms with Crippen LogP contribution >= 0.6 is 68.4 Å². The number of hydrogen-bond acceptors (Lipinski definition) is 20. The molecule has 104 heavy (non-hydrogen) atoms. The Morgan fingerprint density at radius 3 is 1.15 bits per heavy atom. The van der Waals surface area contributed by atoms with Crippen molar-refractivity contribution < 1.29 is 88.7 Å². The summed E-state index contributed by atoms with van der Waals surface area (Å²) in [4.78, 5) is 110. The number of carboxylic acids is 8. The van der Waals surface area contributed by atoms with Gasteiger partial charge >= 0.3 is 47.8 Å². The summed E-state index contributed by atoms with van der Waals surface area (Å²) in [6.07, 6.45) is 9.89. The number of thiophene rings is 5. The van der Waals surface area contributed by atoms with Crippen molar-refractivity contribution in [1.29, 1.82) is 0 Å². The molecule has 6 aromatic heterocycles. The van der Waals surface area contributed by atoms with Crippen molar-refractivity contribution in [1.82, 2.24) is 8.75 Å². The van der Waals surface area contributed by atoms with Gasteiger partial charge in [-0.15, -0.1) is 56.7 Å². The lowest BCUT2D eigenvalue weighted by atomic mass is 9.74. The van der Waals surface area contributed by atoms with Gasteiger partial charge in [0.25, 0.3) is 6.47 Å². The van der Waals surface area contributed by atoms with Crippen molar-refractivity contribution in [2.75, 3.05) is 19.7 Å². The van der Waals surface area contributed by atoms with Gasteiger partial charge in [0.2, 0.25) is 0 Å². The van der Waals surface area contributed by atoms with Gasteiger partial charge in [-0.2, -0.15) is 8.75 Å². The molecule has 6 heterocycles. The van der Waals surface area contributed by atoms with E-state index in [-0.39, 0.29) is 50.4 Å². The average Bonchev–Trinajstić information content (AvgIpc) is 1.45. The van der Waals surface area contributed by atoms with Crippen LogP contribution in [-0.4, -0.2) is 124 Å². The third-order valence-electron chi connectivity index (χ3n) is 18.3. The second-order valence-electron chi connectivity index (χ2n) is 26.8. The molecule has 7 rings (SSSR count). The number of aryl methyl sites for hydroxylation is 14. The summed E-state index contributed by atoms with van der Waals surface area (Å²) in [5.41, 5.74) is 21.2. The molecule has 0 aliphatic carbocycles. The number of ether oxygens (including phenoxy) is 1. The lowest BCUT2D eigenvalue weighted by molar-refractivity contribution is -0.149. The van der Waals surface area contributed by atoms with E-state index >= 15 is 0 Å². The molecule has 0 aliphatic heterocycles. The fourth-order valence-corrected chi connectivity index (χ4v) is 18.7. The molecule has 0 saturated heterocycles. The van der Waals surface area contributed by atoms with Gasteiger partial charge in [0.05, 0.1) is 50.4 Å². The largest absolute Gasteiger partial charge is 0.481 e. The quantitative estimate of drug-likeness (QED) is 0.0126. The molecular formula is C76H106N4O18S6. The van der Waals surface area contributed by atoms with Gasteiger partial charge < -0.3 is 57.1 Å². The number of carbonyl (C=O) groups is 9. The van der Waals surface area contributed by atoms with Gasteiger partial charge in [-0.1, -0.05) is 6.92 Å². The van der Waals surface area contributed by atoms with Crippen LogP contribution in [0, 0.1) is 91.9 Å². The summed E-state index contributed by atoms with van der Waals surface area (Å²) in [5, 5.41) is 71.6. The smallest absolute Gasteiger partial charge is 0.303 e. The molecule has 1 aromatic carbocycles. The molecule has 1 unspecified atom stereocenters. The number of carbonyl (C=O) groups excluding carboxylic acids is 1. The van der Waals surface area contributed by atoms with Crippen LogP contribution in [0.25, 0.3) is 21.5 Å². The summed E-state index contributed by atoms with van der Waals surface area (Å²) in [6, 6.07) is 13.0. The molecular weight excluding hydrogens is 1450 g/mol. The lowest BCUT2D eigenvalue weighted by Gasteiger charge is -2.29. The average molecular weight is 1560 g/mol. The molecule has 0 spiro atoms. The number of aromatic nitrogens is 2. The van der Waals surface area contributed by atoms with Gasteiger partial charge in [0.15, 0.2) is 0 Å². The number of fused-ring (bicyclic) bond motifs is 1. The fourth-order valence-electron chi connectivity index (χ4n) is 13.1. The predicted octanol–water partition coefficient (Wildman–Crippen LogP) is 16.4. The normalized spacial score (nSPS) is 11.5. The maximum atomic E-state index is 11.1. The zero-order chi connectivity index (χ0) is 78.0.